The smallest absolute Gasteiger partial charge is 0.342 e. The number of phenolic OH excluding ortho intramolecular Hbond substituents is 1. The molecule has 0 saturated heterocycles. The first-order chi connectivity index (χ1) is 13.6. The molecule has 0 aliphatic carbocycles. The first kappa shape index (κ1) is 17.5. The maximum atomic E-state index is 12.3. The van der Waals surface area contributed by atoms with Crippen LogP contribution in [0.5, 0.6) is 5.75 Å². The number of aromatic hydroxyl groups is 1. The predicted octanol–water partition coefficient (Wildman–Crippen LogP) is 4.49. The number of nitrogens with one attached hydrogen (secondary N) is 1. The van der Waals surface area contributed by atoms with Gasteiger partial charge >= 0.3 is 5.97 Å². The maximum Gasteiger partial charge on any atom is 0.342 e. The normalized spacial score (nSPS) is 10.7. The van der Waals surface area contributed by atoms with E-state index in [-0.39, 0.29) is 11.3 Å². The number of hydrogen-bond acceptors (Lipinski definition) is 4. The Kier molecular flexibility index (Phi) is 4.64. The van der Waals surface area contributed by atoms with E-state index < -0.39 is 18.5 Å². The van der Waals surface area contributed by atoms with E-state index in [2.05, 4.69) is 5.32 Å². The van der Waals surface area contributed by atoms with Gasteiger partial charge in [-0.15, -0.1) is 0 Å². The van der Waals surface area contributed by atoms with Crippen LogP contribution in [0.2, 0.25) is 0 Å². The van der Waals surface area contributed by atoms with Crippen LogP contribution in [0, 0.1) is 0 Å². The molecule has 28 heavy (non-hydrogen) atoms. The Bertz CT molecular complexity index is 1200. The molecule has 0 spiro atoms. The summed E-state index contributed by atoms with van der Waals surface area (Å²) in [6.45, 7) is -0.447. The van der Waals surface area contributed by atoms with Gasteiger partial charge in [0.15, 0.2) is 6.61 Å². The molecule has 4 aromatic rings. The lowest BCUT2D eigenvalue weighted by Crippen LogP contribution is -2.21. The number of ether oxygens (including phenoxy) is 1. The highest BCUT2D eigenvalue weighted by Gasteiger charge is 2.16. The summed E-state index contributed by atoms with van der Waals surface area (Å²) in [7, 11) is 0. The van der Waals surface area contributed by atoms with Crippen LogP contribution < -0.4 is 5.32 Å². The van der Waals surface area contributed by atoms with Gasteiger partial charge < -0.3 is 15.2 Å². The van der Waals surface area contributed by atoms with Crippen molar-refractivity contribution in [2.45, 2.75) is 0 Å². The molecule has 0 fully saturated rings. The third-order valence-electron chi connectivity index (χ3n) is 4.49. The highest BCUT2D eigenvalue weighted by molar-refractivity contribution is 6.02. The number of carbonyl (C=O) groups is 2. The van der Waals surface area contributed by atoms with Crippen LogP contribution in [0.1, 0.15) is 10.4 Å². The van der Waals surface area contributed by atoms with Crippen LogP contribution >= 0.6 is 0 Å². The van der Waals surface area contributed by atoms with Crippen LogP contribution in [-0.4, -0.2) is 23.6 Å². The van der Waals surface area contributed by atoms with Crippen LogP contribution in [0.15, 0.2) is 78.9 Å². The van der Waals surface area contributed by atoms with Gasteiger partial charge in [-0.25, -0.2) is 4.79 Å². The lowest BCUT2D eigenvalue weighted by Gasteiger charge is -2.09. The molecule has 4 rings (SSSR count). The van der Waals surface area contributed by atoms with Crippen LogP contribution in [0.25, 0.3) is 21.5 Å². The van der Waals surface area contributed by atoms with E-state index in [9.17, 15) is 14.7 Å². The number of rotatable bonds is 4. The summed E-state index contributed by atoms with van der Waals surface area (Å²) in [4.78, 5) is 24.4. The Morgan fingerprint density at radius 3 is 2.32 bits per heavy atom. The van der Waals surface area contributed by atoms with E-state index in [1.54, 1.807) is 24.3 Å². The molecule has 5 nitrogen and oxygen atoms in total. The minimum atomic E-state index is -0.753. The summed E-state index contributed by atoms with van der Waals surface area (Å²) in [5.74, 6) is -1.36. The summed E-state index contributed by atoms with van der Waals surface area (Å²) < 4.78 is 5.07. The topological polar surface area (TPSA) is 75.6 Å². The lowest BCUT2D eigenvalue weighted by molar-refractivity contribution is -0.119. The SMILES string of the molecule is O=C(COC(=O)c1ccc2ccccc2c1O)Nc1ccc2ccccc2c1. The molecular weight excluding hydrogens is 354 g/mol. The van der Waals surface area contributed by atoms with Crippen LogP contribution in [0.4, 0.5) is 5.69 Å². The molecule has 0 saturated carbocycles. The molecular formula is C23H17NO4. The fraction of sp³-hybridized carbons (Fsp3) is 0.0435. The van der Waals surface area contributed by atoms with Gasteiger partial charge in [-0.2, -0.15) is 0 Å². The average Bonchev–Trinajstić information content (AvgIpc) is 2.72. The first-order valence-corrected chi connectivity index (χ1v) is 8.78. The van der Waals surface area contributed by atoms with Crippen molar-refractivity contribution in [1.29, 1.82) is 0 Å². The molecule has 0 radical (unpaired) electrons. The molecule has 0 aromatic heterocycles. The third kappa shape index (κ3) is 3.50. The molecule has 138 valence electrons. The molecule has 4 aromatic carbocycles. The van der Waals surface area contributed by atoms with Crippen LogP contribution in [-0.2, 0) is 9.53 Å². The van der Waals surface area contributed by atoms with E-state index >= 15 is 0 Å². The van der Waals surface area contributed by atoms with Gasteiger partial charge in [-0.3, -0.25) is 4.79 Å². The Morgan fingerprint density at radius 2 is 1.50 bits per heavy atom. The summed E-state index contributed by atoms with van der Waals surface area (Å²) in [5, 5.41) is 16.5. The molecule has 0 aliphatic heterocycles. The molecule has 5 heteroatoms. The average molecular weight is 371 g/mol. The van der Waals surface area contributed by atoms with Crippen molar-refractivity contribution in [3.8, 4) is 5.75 Å². The van der Waals surface area contributed by atoms with Crippen molar-refractivity contribution in [1.82, 2.24) is 0 Å². The number of hydrogen-bond donors (Lipinski definition) is 2. The minimum Gasteiger partial charge on any atom is -0.506 e. The van der Waals surface area contributed by atoms with Crippen molar-refractivity contribution in [3.05, 3.63) is 84.4 Å². The van der Waals surface area contributed by atoms with Crippen molar-refractivity contribution in [2.75, 3.05) is 11.9 Å². The standard InChI is InChI=1S/C23H17NO4/c25-21(24-18-11-9-15-5-1-2-7-17(15)13-18)14-28-23(27)20-12-10-16-6-3-4-8-19(16)22(20)26/h1-13,26H,14H2,(H,24,25). The highest BCUT2D eigenvalue weighted by Crippen LogP contribution is 2.29. The number of esters is 1. The second-order valence-corrected chi connectivity index (χ2v) is 6.37. The zero-order valence-electron chi connectivity index (χ0n) is 14.9. The summed E-state index contributed by atoms with van der Waals surface area (Å²) >= 11 is 0. The van der Waals surface area contributed by atoms with E-state index in [1.807, 2.05) is 48.5 Å². The number of fused-ring (bicyclic) bond motifs is 2. The van der Waals surface area contributed by atoms with Gasteiger partial charge in [-0.05, 0) is 34.4 Å². The molecule has 1 amide bonds. The molecule has 0 heterocycles. The lowest BCUT2D eigenvalue weighted by atomic mass is 10.1. The Morgan fingerprint density at radius 1 is 0.821 bits per heavy atom. The highest BCUT2D eigenvalue weighted by atomic mass is 16.5. The number of carbonyl (C=O) groups excluding carboxylic acids is 2. The largest absolute Gasteiger partial charge is 0.506 e. The molecule has 0 aliphatic rings. The van der Waals surface area contributed by atoms with Gasteiger partial charge in [0.05, 0.1) is 0 Å². The number of amides is 1. The van der Waals surface area contributed by atoms with Crippen molar-refractivity contribution >= 4 is 39.1 Å². The fourth-order valence-electron chi connectivity index (χ4n) is 3.09. The second-order valence-electron chi connectivity index (χ2n) is 6.37. The van der Waals surface area contributed by atoms with Gasteiger partial charge in [0.2, 0.25) is 0 Å². The van der Waals surface area contributed by atoms with Crippen molar-refractivity contribution in [2.24, 2.45) is 0 Å². The monoisotopic (exact) mass is 371 g/mol. The van der Waals surface area contributed by atoms with Gasteiger partial charge in [-0.1, -0.05) is 60.7 Å². The Labute approximate surface area is 161 Å². The number of phenols is 1. The van der Waals surface area contributed by atoms with Gasteiger partial charge in [0, 0.05) is 11.1 Å². The van der Waals surface area contributed by atoms with E-state index in [0.29, 0.717) is 11.1 Å². The van der Waals surface area contributed by atoms with E-state index in [1.165, 1.54) is 6.07 Å². The Hall–Kier alpha value is -3.86. The quantitative estimate of drug-likeness (QED) is 0.518. The summed E-state index contributed by atoms with van der Waals surface area (Å²) in [5.41, 5.74) is 0.644. The molecule has 0 bridgehead atoms. The summed E-state index contributed by atoms with van der Waals surface area (Å²) in [6.07, 6.45) is 0. The Balaban J connectivity index is 1.42. The number of benzene rings is 4. The van der Waals surface area contributed by atoms with Gasteiger partial charge in [0.1, 0.15) is 11.3 Å². The molecule has 0 atom stereocenters. The third-order valence-corrected chi connectivity index (χ3v) is 4.49. The maximum absolute atomic E-state index is 12.3. The first-order valence-electron chi connectivity index (χ1n) is 8.78. The van der Waals surface area contributed by atoms with Crippen molar-refractivity contribution in [3.63, 3.8) is 0 Å². The van der Waals surface area contributed by atoms with Crippen molar-refractivity contribution < 1.29 is 19.4 Å². The van der Waals surface area contributed by atoms with Crippen LogP contribution in [0.3, 0.4) is 0 Å². The molecule has 0 unspecified atom stereocenters. The zero-order valence-corrected chi connectivity index (χ0v) is 14.9. The van der Waals surface area contributed by atoms with E-state index in [4.69, 9.17) is 4.74 Å². The molecule has 2 N–H and O–H groups in total. The minimum absolute atomic E-state index is 0.0252. The van der Waals surface area contributed by atoms with Gasteiger partial charge in [0.25, 0.3) is 5.91 Å². The zero-order chi connectivity index (χ0) is 19.5. The second kappa shape index (κ2) is 7.40. The fourth-order valence-corrected chi connectivity index (χ4v) is 3.09. The predicted molar refractivity (Wildman–Crippen MR) is 108 cm³/mol. The summed E-state index contributed by atoms with van der Waals surface area (Å²) in [6, 6.07) is 23.7. The number of anilines is 1. The van der Waals surface area contributed by atoms with E-state index in [0.717, 1.165) is 16.2 Å².